The van der Waals surface area contributed by atoms with Crippen LogP contribution in [-0.2, 0) is 28.6 Å². The summed E-state index contributed by atoms with van der Waals surface area (Å²) in [5.41, 5.74) is -2.27. The highest BCUT2D eigenvalue weighted by molar-refractivity contribution is 5.90. The zero-order valence-corrected chi connectivity index (χ0v) is 18.5. The van der Waals surface area contributed by atoms with Crippen molar-refractivity contribution in [2.45, 2.75) is 103 Å². The number of carbonyl (C=O) groups is 3. The molecule has 0 bridgehead atoms. The summed E-state index contributed by atoms with van der Waals surface area (Å²) in [6.45, 7) is 6.67. The Labute approximate surface area is 175 Å². The largest absolute Gasteiger partial charge is 0.466 e. The van der Waals surface area contributed by atoms with Crippen LogP contribution < -0.4 is 0 Å². The Morgan fingerprint density at radius 1 is 0.621 bits per heavy atom. The minimum Gasteiger partial charge on any atom is -0.466 e. The molecule has 0 atom stereocenters. The molecule has 0 aromatic rings. The predicted octanol–water partition coefficient (Wildman–Crippen LogP) is 4.09. The molecule has 7 nitrogen and oxygen atoms in total. The number of hydrogen-bond acceptors (Lipinski definition) is 7. The maximum Gasteiger partial charge on any atom is 0.339 e. The second-order valence-electron chi connectivity index (χ2n) is 7.44. The van der Waals surface area contributed by atoms with E-state index in [1.807, 2.05) is 6.92 Å². The zero-order chi connectivity index (χ0) is 22.0. The molecule has 0 fully saturated rings. The van der Waals surface area contributed by atoms with Crippen molar-refractivity contribution in [1.82, 2.24) is 0 Å². The fourth-order valence-corrected chi connectivity index (χ4v) is 2.66. The van der Waals surface area contributed by atoms with E-state index >= 15 is 0 Å². The number of esters is 3. The molecule has 0 amide bonds. The van der Waals surface area contributed by atoms with E-state index in [0.29, 0.717) is 6.42 Å². The van der Waals surface area contributed by atoms with Crippen LogP contribution in [0.1, 0.15) is 97.8 Å². The molecule has 0 aliphatic heterocycles. The van der Waals surface area contributed by atoms with E-state index in [2.05, 4.69) is 13.8 Å². The quantitative estimate of drug-likeness (QED) is 0.204. The van der Waals surface area contributed by atoms with Gasteiger partial charge >= 0.3 is 17.9 Å². The molecule has 0 aliphatic carbocycles. The summed E-state index contributed by atoms with van der Waals surface area (Å²) < 4.78 is 15.3. The molecule has 29 heavy (non-hydrogen) atoms. The van der Waals surface area contributed by atoms with Crippen molar-refractivity contribution in [2.24, 2.45) is 0 Å². The lowest BCUT2D eigenvalue weighted by Crippen LogP contribution is -2.45. The van der Waals surface area contributed by atoms with Crippen molar-refractivity contribution >= 4 is 17.9 Å². The number of ether oxygens (including phenoxy) is 3. The monoisotopic (exact) mass is 416 g/mol. The standard InChI is InChI=1S/C22H40O7/c1-4-7-10-12-15-27-19(23)17-22(26,21(25)29-14-9-6-3)18-20(24)28-16-13-11-8-5-2/h26H,4-18H2,1-3H3. The highest BCUT2D eigenvalue weighted by Crippen LogP contribution is 2.20. The van der Waals surface area contributed by atoms with Crippen molar-refractivity contribution in [3.05, 3.63) is 0 Å². The Morgan fingerprint density at radius 3 is 1.45 bits per heavy atom. The van der Waals surface area contributed by atoms with Crippen LogP contribution in [0, 0.1) is 0 Å². The first-order valence-corrected chi connectivity index (χ1v) is 11.1. The first-order valence-electron chi connectivity index (χ1n) is 11.1. The van der Waals surface area contributed by atoms with Crippen LogP contribution in [0.5, 0.6) is 0 Å². The van der Waals surface area contributed by atoms with Crippen LogP contribution in [-0.4, -0.2) is 48.4 Å². The number of unbranched alkanes of at least 4 members (excludes halogenated alkanes) is 7. The van der Waals surface area contributed by atoms with Gasteiger partial charge in [-0.15, -0.1) is 0 Å². The summed E-state index contributed by atoms with van der Waals surface area (Å²) in [6, 6.07) is 0. The summed E-state index contributed by atoms with van der Waals surface area (Å²) in [5.74, 6) is -2.45. The lowest BCUT2D eigenvalue weighted by molar-refractivity contribution is -0.178. The van der Waals surface area contributed by atoms with Crippen molar-refractivity contribution in [3.63, 3.8) is 0 Å². The summed E-state index contributed by atoms with van der Waals surface area (Å²) in [4.78, 5) is 36.5. The first-order chi connectivity index (χ1) is 13.9. The van der Waals surface area contributed by atoms with E-state index in [1.54, 1.807) is 0 Å². The van der Waals surface area contributed by atoms with E-state index in [1.165, 1.54) is 0 Å². The van der Waals surface area contributed by atoms with Gasteiger partial charge in [0.05, 0.1) is 32.7 Å². The van der Waals surface area contributed by atoms with Gasteiger partial charge in [0.25, 0.3) is 0 Å². The summed E-state index contributed by atoms with van der Waals surface area (Å²) in [7, 11) is 0. The molecule has 1 N–H and O–H groups in total. The van der Waals surface area contributed by atoms with Gasteiger partial charge in [-0.05, 0) is 19.3 Å². The van der Waals surface area contributed by atoms with Gasteiger partial charge in [0.15, 0.2) is 5.60 Å². The van der Waals surface area contributed by atoms with Crippen LogP contribution in [0.4, 0.5) is 0 Å². The van der Waals surface area contributed by atoms with Crippen molar-refractivity contribution in [1.29, 1.82) is 0 Å². The number of carbonyl (C=O) groups excluding carboxylic acids is 3. The minimum atomic E-state index is -2.27. The summed E-state index contributed by atoms with van der Waals surface area (Å²) >= 11 is 0. The fraction of sp³-hybridized carbons (Fsp3) is 0.864. The maximum absolute atomic E-state index is 12.4. The van der Waals surface area contributed by atoms with Gasteiger partial charge in [0.2, 0.25) is 0 Å². The van der Waals surface area contributed by atoms with Crippen molar-refractivity contribution in [2.75, 3.05) is 19.8 Å². The van der Waals surface area contributed by atoms with E-state index in [9.17, 15) is 19.5 Å². The van der Waals surface area contributed by atoms with E-state index in [4.69, 9.17) is 14.2 Å². The topological polar surface area (TPSA) is 99.1 Å². The summed E-state index contributed by atoms with van der Waals surface area (Å²) in [5, 5.41) is 10.7. The van der Waals surface area contributed by atoms with Crippen LogP contribution >= 0.6 is 0 Å². The molecule has 170 valence electrons. The molecule has 0 radical (unpaired) electrons. The van der Waals surface area contributed by atoms with Gasteiger partial charge in [-0.1, -0.05) is 65.7 Å². The smallest absolute Gasteiger partial charge is 0.339 e. The SMILES string of the molecule is CCCCCCOC(=O)CC(O)(CC(=O)OCCCCCC)C(=O)OCCCC. The number of rotatable bonds is 18. The molecule has 0 aromatic heterocycles. The van der Waals surface area contributed by atoms with E-state index in [0.717, 1.165) is 57.8 Å². The average Bonchev–Trinajstić information content (AvgIpc) is 2.67. The highest BCUT2D eigenvalue weighted by Gasteiger charge is 2.43. The lowest BCUT2D eigenvalue weighted by atomic mass is 9.95. The van der Waals surface area contributed by atoms with Crippen LogP contribution in [0.15, 0.2) is 0 Å². The Bertz CT molecular complexity index is 434. The molecule has 0 unspecified atom stereocenters. The first kappa shape index (κ1) is 27.4. The van der Waals surface area contributed by atoms with Gasteiger partial charge < -0.3 is 19.3 Å². The molecular formula is C22H40O7. The second-order valence-corrected chi connectivity index (χ2v) is 7.44. The molecule has 0 heterocycles. The van der Waals surface area contributed by atoms with Gasteiger partial charge in [-0.2, -0.15) is 0 Å². The lowest BCUT2D eigenvalue weighted by Gasteiger charge is -2.24. The average molecular weight is 417 g/mol. The molecular weight excluding hydrogens is 376 g/mol. The van der Waals surface area contributed by atoms with Crippen molar-refractivity contribution < 1.29 is 33.7 Å². The van der Waals surface area contributed by atoms with Crippen LogP contribution in [0.25, 0.3) is 0 Å². The number of hydrogen-bond donors (Lipinski definition) is 1. The van der Waals surface area contributed by atoms with Gasteiger partial charge in [-0.25, -0.2) is 4.79 Å². The third kappa shape index (κ3) is 14.1. The maximum atomic E-state index is 12.4. The molecule has 0 saturated heterocycles. The van der Waals surface area contributed by atoms with Crippen LogP contribution in [0.2, 0.25) is 0 Å². The third-order valence-corrected chi connectivity index (χ3v) is 4.51. The minimum absolute atomic E-state index is 0.121. The van der Waals surface area contributed by atoms with Crippen LogP contribution in [0.3, 0.4) is 0 Å². The van der Waals surface area contributed by atoms with E-state index in [-0.39, 0.29) is 19.8 Å². The van der Waals surface area contributed by atoms with Gasteiger partial charge in [0, 0.05) is 0 Å². The molecule has 0 aliphatic rings. The molecule has 0 aromatic carbocycles. The zero-order valence-electron chi connectivity index (χ0n) is 18.5. The Balaban J connectivity index is 4.68. The Morgan fingerprint density at radius 2 is 1.03 bits per heavy atom. The molecule has 0 rings (SSSR count). The summed E-state index contributed by atoms with van der Waals surface area (Å²) in [6.07, 6.45) is 7.75. The van der Waals surface area contributed by atoms with Gasteiger partial charge in [-0.3, -0.25) is 9.59 Å². The Hall–Kier alpha value is -1.63. The predicted molar refractivity (Wildman–Crippen MR) is 110 cm³/mol. The second kappa shape index (κ2) is 17.2. The van der Waals surface area contributed by atoms with Crippen molar-refractivity contribution in [3.8, 4) is 0 Å². The van der Waals surface area contributed by atoms with E-state index < -0.39 is 36.4 Å². The highest BCUT2D eigenvalue weighted by atomic mass is 16.6. The molecule has 0 spiro atoms. The molecule has 0 saturated carbocycles. The van der Waals surface area contributed by atoms with Gasteiger partial charge in [0.1, 0.15) is 0 Å². The molecule has 7 heteroatoms. The normalized spacial score (nSPS) is 11.2. The Kier molecular flexibility index (Phi) is 16.3. The third-order valence-electron chi connectivity index (χ3n) is 4.51. The fourth-order valence-electron chi connectivity index (χ4n) is 2.66. The number of aliphatic hydroxyl groups is 1.